The molecule has 0 unspecified atom stereocenters. The molecular formula is C13H17N3O3. The van der Waals surface area contributed by atoms with Crippen LogP contribution in [0.25, 0.3) is 0 Å². The van der Waals surface area contributed by atoms with Gasteiger partial charge in [0.2, 0.25) is 0 Å². The first kappa shape index (κ1) is 13.3. The van der Waals surface area contributed by atoms with Crippen molar-refractivity contribution in [1.29, 1.82) is 0 Å². The minimum Gasteiger partial charge on any atom is -0.478 e. The average Bonchev–Trinajstić information content (AvgIpc) is 2.90. The molecule has 2 rings (SSSR count). The largest absolute Gasteiger partial charge is 0.478 e. The fourth-order valence-corrected chi connectivity index (χ4v) is 2.02. The second kappa shape index (κ2) is 5.69. The van der Waals surface area contributed by atoms with Gasteiger partial charge in [-0.3, -0.25) is 4.79 Å². The zero-order valence-electron chi connectivity index (χ0n) is 10.9. The summed E-state index contributed by atoms with van der Waals surface area (Å²) in [5, 5.41) is 12.8. The van der Waals surface area contributed by atoms with Crippen molar-refractivity contribution in [2.24, 2.45) is 0 Å². The molecule has 6 heteroatoms. The molecule has 0 radical (unpaired) electrons. The minimum atomic E-state index is -0.985. The maximum absolute atomic E-state index is 11.9. The van der Waals surface area contributed by atoms with Crippen LogP contribution in [0.1, 0.15) is 19.8 Å². The number of hydrogen-bond acceptors (Lipinski definition) is 4. The molecule has 0 amide bonds. The van der Waals surface area contributed by atoms with Gasteiger partial charge < -0.3 is 10.0 Å². The van der Waals surface area contributed by atoms with E-state index in [1.807, 2.05) is 0 Å². The molecule has 0 aliphatic carbocycles. The van der Waals surface area contributed by atoms with E-state index in [1.54, 1.807) is 12.3 Å². The number of allylic oxidation sites excluding steroid dienone is 1. The summed E-state index contributed by atoms with van der Waals surface area (Å²) in [5.41, 5.74) is 0.842. The van der Waals surface area contributed by atoms with Gasteiger partial charge in [-0.05, 0) is 19.8 Å². The Hall–Kier alpha value is -2.11. The van der Waals surface area contributed by atoms with Gasteiger partial charge in [0.25, 0.3) is 5.56 Å². The van der Waals surface area contributed by atoms with Crippen LogP contribution >= 0.6 is 0 Å². The Kier molecular flexibility index (Phi) is 3.99. The van der Waals surface area contributed by atoms with Crippen LogP contribution in [0.15, 0.2) is 28.7 Å². The second-order valence-corrected chi connectivity index (χ2v) is 4.62. The molecule has 1 aromatic rings. The van der Waals surface area contributed by atoms with Gasteiger partial charge in [-0.25, -0.2) is 9.48 Å². The highest BCUT2D eigenvalue weighted by molar-refractivity contribution is 5.85. The monoisotopic (exact) mass is 263 g/mol. The van der Waals surface area contributed by atoms with Crippen LogP contribution < -0.4 is 10.5 Å². The third-order valence-electron chi connectivity index (χ3n) is 3.23. The number of nitrogens with zero attached hydrogens (tertiary/aromatic N) is 3. The lowest BCUT2D eigenvalue weighted by molar-refractivity contribution is -0.132. The molecule has 1 fully saturated rings. The van der Waals surface area contributed by atoms with Crippen LogP contribution in [-0.4, -0.2) is 33.9 Å². The molecule has 0 aromatic carbocycles. The lowest BCUT2D eigenvalue weighted by Crippen LogP contribution is -2.26. The van der Waals surface area contributed by atoms with Crippen LogP contribution in [0.3, 0.4) is 0 Å². The Morgan fingerprint density at radius 1 is 1.47 bits per heavy atom. The Morgan fingerprint density at radius 3 is 2.74 bits per heavy atom. The molecule has 19 heavy (non-hydrogen) atoms. The second-order valence-electron chi connectivity index (χ2n) is 4.62. The van der Waals surface area contributed by atoms with Gasteiger partial charge >= 0.3 is 5.97 Å². The van der Waals surface area contributed by atoms with Crippen LogP contribution in [-0.2, 0) is 11.3 Å². The first-order valence-electron chi connectivity index (χ1n) is 6.30. The van der Waals surface area contributed by atoms with E-state index < -0.39 is 5.97 Å². The Balaban J connectivity index is 2.13. The Labute approximate surface area is 111 Å². The topological polar surface area (TPSA) is 75.4 Å². The highest BCUT2D eigenvalue weighted by Crippen LogP contribution is 2.16. The quantitative estimate of drug-likeness (QED) is 0.816. The van der Waals surface area contributed by atoms with Crippen LogP contribution in [0.5, 0.6) is 0 Å². The summed E-state index contributed by atoms with van der Waals surface area (Å²) in [5.74, 6) is -0.985. The van der Waals surface area contributed by atoms with Crippen LogP contribution in [0.4, 0.5) is 5.69 Å². The Bertz CT molecular complexity index is 556. The zero-order valence-corrected chi connectivity index (χ0v) is 10.9. The van der Waals surface area contributed by atoms with E-state index in [0.29, 0.717) is 0 Å². The molecule has 1 saturated heterocycles. The number of hydrogen-bond donors (Lipinski definition) is 1. The highest BCUT2D eigenvalue weighted by atomic mass is 16.4. The van der Waals surface area contributed by atoms with E-state index in [9.17, 15) is 9.59 Å². The van der Waals surface area contributed by atoms with Gasteiger partial charge in [0.1, 0.15) is 0 Å². The first-order chi connectivity index (χ1) is 9.08. The van der Waals surface area contributed by atoms with Crippen molar-refractivity contribution >= 4 is 11.7 Å². The maximum atomic E-state index is 11.9. The third-order valence-corrected chi connectivity index (χ3v) is 3.23. The van der Waals surface area contributed by atoms with Gasteiger partial charge in [-0.15, -0.1) is 0 Å². The molecule has 0 atom stereocenters. The normalized spacial score (nSPS) is 15.8. The number of carboxylic acids is 1. The van der Waals surface area contributed by atoms with Gasteiger partial charge in [0.05, 0.1) is 18.4 Å². The van der Waals surface area contributed by atoms with Crippen molar-refractivity contribution in [3.05, 3.63) is 34.3 Å². The van der Waals surface area contributed by atoms with E-state index in [0.717, 1.165) is 31.6 Å². The molecular weight excluding hydrogens is 246 g/mol. The Morgan fingerprint density at radius 2 is 2.16 bits per heavy atom. The highest BCUT2D eigenvalue weighted by Gasteiger charge is 2.13. The van der Waals surface area contributed by atoms with Crippen molar-refractivity contribution in [2.45, 2.75) is 26.3 Å². The molecule has 6 nitrogen and oxygen atoms in total. The van der Waals surface area contributed by atoms with Crippen molar-refractivity contribution in [1.82, 2.24) is 9.78 Å². The van der Waals surface area contributed by atoms with Gasteiger partial charge in [0, 0.05) is 24.7 Å². The minimum absolute atomic E-state index is 0.178. The first-order valence-corrected chi connectivity index (χ1v) is 6.30. The van der Waals surface area contributed by atoms with Crippen molar-refractivity contribution in [3.63, 3.8) is 0 Å². The number of anilines is 1. The summed E-state index contributed by atoms with van der Waals surface area (Å²) in [7, 11) is 0. The van der Waals surface area contributed by atoms with Crippen molar-refractivity contribution in [2.75, 3.05) is 18.0 Å². The number of carboxylic acid groups (broad SMARTS) is 1. The van der Waals surface area contributed by atoms with Crippen LogP contribution in [0, 0.1) is 0 Å². The third kappa shape index (κ3) is 3.21. The molecule has 1 aliphatic rings. The molecule has 1 aliphatic heterocycles. The summed E-state index contributed by atoms with van der Waals surface area (Å²) in [6.07, 6.45) is 5.43. The van der Waals surface area contributed by atoms with E-state index in [2.05, 4.69) is 10.00 Å². The molecule has 2 heterocycles. The summed E-state index contributed by atoms with van der Waals surface area (Å²) in [6, 6.07) is 1.56. The molecule has 0 spiro atoms. The molecule has 1 aromatic heterocycles. The van der Waals surface area contributed by atoms with Gasteiger partial charge in [-0.2, -0.15) is 5.10 Å². The number of rotatable bonds is 4. The summed E-state index contributed by atoms with van der Waals surface area (Å²) in [4.78, 5) is 24.7. The van der Waals surface area contributed by atoms with Gasteiger partial charge in [-0.1, -0.05) is 6.08 Å². The van der Waals surface area contributed by atoms with Crippen LogP contribution in [0.2, 0.25) is 0 Å². The number of carbonyl (C=O) groups is 1. The fourth-order valence-electron chi connectivity index (χ4n) is 2.02. The molecule has 1 N–H and O–H groups in total. The lowest BCUT2D eigenvalue weighted by atomic mass is 10.3. The van der Waals surface area contributed by atoms with E-state index >= 15 is 0 Å². The number of aromatic nitrogens is 2. The van der Waals surface area contributed by atoms with Crippen molar-refractivity contribution < 1.29 is 9.90 Å². The molecule has 102 valence electrons. The maximum Gasteiger partial charge on any atom is 0.331 e. The predicted octanol–water partition coefficient (Wildman–Crippen LogP) is 0.874. The summed E-state index contributed by atoms with van der Waals surface area (Å²) in [6.45, 7) is 3.59. The zero-order chi connectivity index (χ0) is 13.8. The van der Waals surface area contributed by atoms with E-state index in [1.165, 1.54) is 17.7 Å². The molecule has 0 bridgehead atoms. The lowest BCUT2D eigenvalue weighted by Gasteiger charge is -2.16. The smallest absolute Gasteiger partial charge is 0.331 e. The summed E-state index contributed by atoms with van der Waals surface area (Å²) >= 11 is 0. The van der Waals surface area contributed by atoms with E-state index in [-0.39, 0.29) is 17.7 Å². The number of aliphatic carboxylic acids is 1. The SMILES string of the molecule is CC(=CCn1ncc(N2CCCC2)cc1=O)C(=O)O. The molecule has 0 saturated carbocycles. The average molecular weight is 263 g/mol. The van der Waals surface area contributed by atoms with E-state index in [4.69, 9.17) is 5.11 Å². The summed E-state index contributed by atoms with van der Waals surface area (Å²) < 4.78 is 1.26. The van der Waals surface area contributed by atoms with Gasteiger partial charge in [0.15, 0.2) is 0 Å². The fraction of sp³-hybridized carbons (Fsp3) is 0.462. The standard InChI is InChI=1S/C13H17N3O3/c1-10(13(18)19)4-7-16-12(17)8-11(9-14-16)15-5-2-3-6-15/h4,8-9H,2-3,5-7H2,1H3,(H,18,19). The predicted molar refractivity (Wildman–Crippen MR) is 71.3 cm³/mol. The van der Waals surface area contributed by atoms with Crippen molar-refractivity contribution in [3.8, 4) is 0 Å².